The highest BCUT2D eigenvalue weighted by molar-refractivity contribution is 5.66. The van der Waals surface area contributed by atoms with Gasteiger partial charge in [0.1, 0.15) is 6.61 Å². The molecule has 0 spiro atoms. The maximum Gasteiger partial charge on any atom is 0.351 e. The fourth-order valence-corrected chi connectivity index (χ4v) is 2.95. The van der Waals surface area contributed by atoms with E-state index in [9.17, 15) is 4.79 Å². The third-order valence-electron chi connectivity index (χ3n) is 4.12. The standard InChI is InChI=1S/C19H16N2O2/c22-19-20-18(23-13-14-6-2-1-3-7-14)12-17-16-9-5-4-8-15(16)10-11-21(17)19/h1-9,12H,10-11,13H2. The van der Waals surface area contributed by atoms with E-state index in [1.807, 2.05) is 54.6 Å². The van der Waals surface area contributed by atoms with E-state index in [1.165, 1.54) is 5.56 Å². The predicted octanol–water partition coefficient (Wildman–Crippen LogP) is 3.05. The minimum Gasteiger partial charge on any atom is -0.473 e. The highest BCUT2D eigenvalue weighted by atomic mass is 16.5. The van der Waals surface area contributed by atoms with Crippen LogP contribution in [-0.4, -0.2) is 9.55 Å². The lowest BCUT2D eigenvalue weighted by Gasteiger charge is -2.21. The largest absolute Gasteiger partial charge is 0.473 e. The summed E-state index contributed by atoms with van der Waals surface area (Å²) in [6.07, 6.45) is 0.856. The van der Waals surface area contributed by atoms with Gasteiger partial charge >= 0.3 is 5.69 Å². The molecule has 0 N–H and O–H groups in total. The minimum atomic E-state index is -0.250. The topological polar surface area (TPSA) is 44.1 Å². The Labute approximate surface area is 134 Å². The quantitative estimate of drug-likeness (QED) is 0.747. The number of aromatic nitrogens is 2. The van der Waals surface area contributed by atoms with Crippen LogP contribution < -0.4 is 10.4 Å². The van der Waals surface area contributed by atoms with E-state index in [0.717, 1.165) is 23.2 Å². The van der Waals surface area contributed by atoms with Crippen molar-refractivity contribution in [3.8, 4) is 17.1 Å². The molecule has 3 aromatic rings. The molecule has 0 saturated carbocycles. The second kappa shape index (κ2) is 5.72. The Kier molecular flexibility index (Phi) is 3.42. The first-order valence-electron chi connectivity index (χ1n) is 7.68. The van der Waals surface area contributed by atoms with Crippen molar-refractivity contribution in [2.45, 2.75) is 19.6 Å². The number of rotatable bonds is 3. The molecule has 4 rings (SSSR count). The van der Waals surface area contributed by atoms with Gasteiger partial charge in [0.15, 0.2) is 0 Å². The molecule has 114 valence electrons. The van der Waals surface area contributed by atoms with Gasteiger partial charge in [0, 0.05) is 18.2 Å². The van der Waals surface area contributed by atoms with Crippen molar-refractivity contribution in [1.29, 1.82) is 0 Å². The van der Waals surface area contributed by atoms with Gasteiger partial charge in [-0.1, -0.05) is 54.6 Å². The average molecular weight is 304 g/mol. The van der Waals surface area contributed by atoms with E-state index in [-0.39, 0.29) is 5.69 Å². The lowest BCUT2D eigenvalue weighted by Crippen LogP contribution is -2.28. The zero-order valence-electron chi connectivity index (χ0n) is 12.6. The fourth-order valence-electron chi connectivity index (χ4n) is 2.95. The second-order valence-electron chi connectivity index (χ2n) is 5.60. The molecule has 0 amide bonds. The van der Waals surface area contributed by atoms with Gasteiger partial charge in [-0.05, 0) is 17.5 Å². The summed E-state index contributed by atoms with van der Waals surface area (Å²) in [5.74, 6) is 0.377. The Morgan fingerprint density at radius 1 is 1.04 bits per heavy atom. The predicted molar refractivity (Wildman–Crippen MR) is 88.4 cm³/mol. The lowest BCUT2D eigenvalue weighted by molar-refractivity contribution is 0.291. The van der Waals surface area contributed by atoms with Crippen LogP contribution in [0.25, 0.3) is 11.3 Å². The summed E-state index contributed by atoms with van der Waals surface area (Å²) in [6, 6.07) is 19.9. The molecule has 1 aromatic heterocycles. The van der Waals surface area contributed by atoms with Gasteiger partial charge in [-0.3, -0.25) is 4.57 Å². The molecular weight excluding hydrogens is 288 g/mol. The zero-order valence-corrected chi connectivity index (χ0v) is 12.6. The van der Waals surface area contributed by atoms with Crippen molar-refractivity contribution in [2.75, 3.05) is 0 Å². The van der Waals surface area contributed by atoms with Crippen molar-refractivity contribution in [1.82, 2.24) is 9.55 Å². The molecule has 1 aliphatic rings. The van der Waals surface area contributed by atoms with Gasteiger partial charge in [-0.15, -0.1) is 0 Å². The van der Waals surface area contributed by atoms with Crippen LogP contribution in [0, 0.1) is 0 Å². The van der Waals surface area contributed by atoms with Gasteiger partial charge in [0.05, 0.1) is 5.69 Å². The summed E-state index contributed by atoms with van der Waals surface area (Å²) in [6.45, 7) is 1.07. The normalized spacial score (nSPS) is 12.3. The summed E-state index contributed by atoms with van der Waals surface area (Å²) < 4.78 is 7.45. The van der Waals surface area contributed by atoms with Crippen LogP contribution in [0.3, 0.4) is 0 Å². The molecule has 0 atom stereocenters. The average Bonchev–Trinajstić information content (AvgIpc) is 2.61. The Bertz CT molecular complexity index is 901. The smallest absolute Gasteiger partial charge is 0.351 e. The molecule has 2 heterocycles. The van der Waals surface area contributed by atoms with Crippen LogP contribution >= 0.6 is 0 Å². The van der Waals surface area contributed by atoms with E-state index < -0.39 is 0 Å². The molecule has 0 bridgehead atoms. The van der Waals surface area contributed by atoms with Crippen molar-refractivity contribution in [3.05, 3.63) is 82.3 Å². The molecule has 2 aromatic carbocycles. The molecule has 0 radical (unpaired) electrons. The zero-order chi connectivity index (χ0) is 15.6. The maximum absolute atomic E-state index is 12.3. The van der Waals surface area contributed by atoms with Crippen molar-refractivity contribution in [2.24, 2.45) is 0 Å². The monoisotopic (exact) mass is 304 g/mol. The summed E-state index contributed by atoms with van der Waals surface area (Å²) >= 11 is 0. The molecule has 4 heteroatoms. The Morgan fingerprint density at radius 2 is 1.83 bits per heavy atom. The Morgan fingerprint density at radius 3 is 2.70 bits per heavy atom. The summed E-state index contributed by atoms with van der Waals surface area (Å²) in [5, 5.41) is 0. The Hall–Kier alpha value is -2.88. The first kappa shape index (κ1) is 13.8. The van der Waals surface area contributed by atoms with Gasteiger partial charge in [0.2, 0.25) is 5.88 Å². The maximum atomic E-state index is 12.3. The van der Waals surface area contributed by atoms with E-state index >= 15 is 0 Å². The van der Waals surface area contributed by atoms with Crippen LogP contribution in [0.15, 0.2) is 65.5 Å². The molecule has 1 aliphatic heterocycles. The SMILES string of the molecule is O=c1nc(OCc2ccccc2)cc2n1CCc1ccccc1-2. The third kappa shape index (κ3) is 2.63. The van der Waals surface area contributed by atoms with Crippen LogP contribution in [0.2, 0.25) is 0 Å². The number of fused-ring (bicyclic) bond motifs is 3. The van der Waals surface area contributed by atoms with Gasteiger partial charge in [0.25, 0.3) is 0 Å². The number of ether oxygens (including phenoxy) is 1. The van der Waals surface area contributed by atoms with Crippen molar-refractivity contribution in [3.63, 3.8) is 0 Å². The summed E-state index contributed by atoms with van der Waals surface area (Å²) in [4.78, 5) is 16.3. The van der Waals surface area contributed by atoms with Gasteiger partial charge in [-0.25, -0.2) is 4.79 Å². The first-order valence-corrected chi connectivity index (χ1v) is 7.68. The van der Waals surface area contributed by atoms with Crippen LogP contribution in [0.1, 0.15) is 11.1 Å². The molecule has 4 nitrogen and oxygen atoms in total. The molecule has 0 saturated heterocycles. The van der Waals surface area contributed by atoms with E-state index in [2.05, 4.69) is 11.1 Å². The van der Waals surface area contributed by atoms with Crippen LogP contribution in [0.4, 0.5) is 0 Å². The van der Waals surface area contributed by atoms with E-state index in [0.29, 0.717) is 19.0 Å². The minimum absolute atomic E-state index is 0.250. The van der Waals surface area contributed by atoms with Crippen LogP contribution in [0.5, 0.6) is 5.88 Å². The highest BCUT2D eigenvalue weighted by Gasteiger charge is 2.18. The van der Waals surface area contributed by atoms with Gasteiger partial charge < -0.3 is 4.74 Å². The van der Waals surface area contributed by atoms with Crippen LogP contribution in [-0.2, 0) is 19.6 Å². The number of aryl methyl sites for hydroxylation is 1. The Balaban J connectivity index is 1.69. The highest BCUT2D eigenvalue weighted by Crippen LogP contribution is 2.29. The molecular formula is C19H16N2O2. The fraction of sp³-hybridized carbons (Fsp3) is 0.158. The number of benzene rings is 2. The number of hydrogen-bond donors (Lipinski definition) is 0. The third-order valence-corrected chi connectivity index (χ3v) is 4.12. The van der Waals surface area contributed by atoms with E-state index in [1.54, 1.807) is 4.57 Å². The molecule has 23 heavy (non-hydrogen) atoms. The van der Waals surface area contributed by atoms with Gasteiger partial charge in [-0.2, -0.15) is 4.98 Å². The number of hydrogen-bond acceptors (Lipinski definition) is 3. The first-order chi connectivity index (χ1) is 11.3. The van der Waals surface area contributed by atoms with E-state index in [4.69, 9.17) is 4.74 Å². The number of nitrogens with zero attached hydrogens (tertiary/aromatic N) is 2. The van der Waals surface area contributed by atoms with Crippen molar-refractivity contribution < 1.29 is 4.74 Å². The molecule has 0 unspecified atom stereocenters. The molecule has 0 aliphatic carbocycles. The summed E-state index contributed by atoms with van der Waals surface area (Å²) in [7, 11) is 0. The lowest BCUT2D eigenvalue weighted by atomic mass is 9.98. The second-order valence-corrected chi connectivity index (χ2v) is 5.60. The van der Waals surface area contributed by atoms with Crippen molar-refractivity contribution >= 4 is 0 Å². The molecule has 0 fully saturated rings. The summed E-state index contributed by atoms with van der Waals surface area (Å²) in [5.41, 5.74) is 4.03.